The van der Waals surface area contributed by atoms with Gasteiger partial charge in [0, 0.05) is 51.5 Å². The number of carbonyl (C=O) groups excluding carboxylic acids is 1. The molecule has 0 aliphatic heterocycles. The molecular weight excluding hydrogens is 431 g/mol. The van der Waals surface area contributed by atoms with Gasteiger partial charge in [-0.05, 0) is 63.4 Å². The molecule has 1 aromatic heterocycles. The van der Waals surface area contributed by atoms with Gasteiger partial charge in [0.15, 0.2) is 0 Å². The topological polar surface area (TPSA) is 86.6 Å². The number of nitrogens with zero attached hydrogens (tertiary/aromatic N) is 2. The normalized spacial score (nSPS) is 12.8. The van der Waals surface area contributed by atoms with Gasteiger partial charge in [0.05, 0.1) is 12.3 Å². The Balaban J connectivity index is 2.58. The molecule has 0 spiro atoms. The van der Waals surface area contributed by atoms with Crippen molar-refractivity contribution in [1.29, 1.82) is 0 Å². The van der Waals surface area contributed by atoms with Crippen LogP contribution in [0.1, 0.15) is 26.3 Å². The first-order chi connectivity index (χ1) is 15.2. The number of benzene rings is 1. The van der Waals surface area contributed by atoms with Crippen molar-refractivity contribution in [1.82, 2.24) is 10.3 Å². The predicted molar refractivity (Wildman–Crippen MR) is 129 cm³/mol. The van der Waals surface area contributed by atoms with Crippen LogP contribution in [-0.4, -0.2) is 35.4 Å². The van der Waals surface area contributed by atoms with E-state index < -0.39 is 11.9 Å². The van der Waals surface area contributed by atoms with E-state index in [1.54, 1.807) is 32.2 Å². The molecule has 168 valence electrons. The molecule has 32 heavy (non-hydrogen) atoms. The SMILES string of the molecule is C=N/C=C\C(Nc1cc(-c2cc(Cl)ccc2F)ncc1C(=C)C)=C(/C)C(=O)N[C@H](C)CO. The van der Waals surface area contributed by atoms with Gasteiger partial charge in [-0.1, -0.05) is 18.2 Å². The predicted octanol–water partition coefficient (Wildman–Crippen LogP) is 4.97. The van der Waals surface area contributed by atoms with Crippen LogP contribution < -0.4 is 10.6 Å². The summed E-state index contributed by atoms with van der Waals surface area (Å²) in [5, 5.41) is 15.5. The van der Waals surface area contributed by atoms with Gasteiger partial charge in [-0.3, -0.25) is 14.8 Å². The van der Waals surface area contributed by atoms with Gasteiger partial charge in [0.1, 0.15) is 5.82 Å². The van der Waals surface area contributed by atoms with Crippen LogP contribution in [-0.2, 0) is 4.79 Å². The standard InChI is InChI=1S/C24H26ClFN4O2/c1-14(2)19-12-28-22(18-10-17(25)6-7-20(18)26)11-23(19)30-21(8-9-27-5)16(4)24(32)29-15(3)13-31/h6-12,15,31H,1,5,13H2,2-4H3,(H,28,30)(H,29,32)/b9-8-,21-16-/t15-/m1/s1. The average Bonchev–Trinajstić information content (AvgIpc) is 2.77. The summed E-state index contributed by atoms with van der Waals surface area (Å²) in [6, 6.07) is 5.49. The summed E-state index contributed by atoms with van der Waals surface area (Å²) >= 11 is 6.04. The number of amides is 1. The molecule has 0 saturated heterocycles. The third-order valence-corrected chi connectivity index (χ3v) is 4.82. The van der Waals surface area contributed by atoms with E-state index in [9.17, 15) is 14.3 Å². The number of pyridine rings is 1. The van der Waals surface area contributed by atoms with Crippen LogP contribution in [0.15, 0.2) is 65.6 Å². The molecule has 0 aliphatic rings. The Morgan fingerprint density at radius 2 is 2.09 bits per heavy atom. The number of allylic oxidation sites excluding steroid dienone is 2. The van der Waals surface area contributed by atoms with Crippen molar-refractivity contribution in [3.63, 3.8) is 0 Å². The number of aromatic nitrogens is 1. The first kappa shape index (κ1) is 25.0. The van der Waals surface area contributed by atoms with Crippen LogP contribution >= 0.6 is 11.6 Å². The molecule has 2 rings (SSSR count). The maximum Gasteiger partial charge on any atom is 0.249 e. The zero-order valence-corrected chi connectivity index (χ0v) is 19.0. The van der Waals surface area contributed by atoms with Crippen molar-refractivity contribution >= 4 is 35.5 Å². The van der Waals surface area contributed by atoms with Gasteiger partial charge in [-0.25, -0.2) is 4.39 Å². The van der Waals surface area contributed by atoms with Crippen molar-refractivity contribution in [3.8, 4) is 11.3 Å². The van der Waals surface area contributed by atoms with E-state index in [0.717, 1.165) is 5.57 Å². The summed E-state index contributed by atoms with van der Waals surface area (Å²) in [5.74, 6) is -0.828. The van der Waals surface area contributed by atoms with E-state index in [2.05, 4.69) is 33.9 Å². The van der Waals surface area contributed by atoms with E-state index in [-0.39, 0.29) is 18.1 Å². The highest BCUT2D eigenvalue weighted by Gasteiger charge is 2.16. The smallest absolute Gasteiger partial charge is 0.249 e. The molecule has 3 N–H and O–H groups in total. The van der Waals surface area contributed by atoms with Crippen LogP contribution in [0.2, 0.25) is 5.02 Å². The second-order valence-corrected chi connectivity index (χ2v) is 7.68. The number of hydrogen-bond donors (Lipinski definition) is 3. The van der Waals surface area contributed by atoms with Crippen molar-refractivity contribution in [2.45, 2.75) is 26.8 Å². The number of aliphatic hydroxyl groups is 1. The lowest BCUT2D eigenvalue weighted by molar-refractivity contribution is -0.118. The van der Waals surface area contributed by atoms with Crippen LogP contribution in [0.3, 0.4) is 0 Å². The fourth-order valence-corrected chi connectivity index (χ4v) is 2.94. The third-order valence-electron chi connectivity index (χ3n) is 4.58. The number of halogens is 2. The van der Waals surface area contributed by atoms with E-state index in [0.29, 0.717) is 33.2 Å². The molecule has 2 aromatic rings. The highest BCUT2D eigenvalue weighted by molar-refractivity contribution is 6.30. The summed E-state index contributed by atoms with van der Waals surface area (Å²) in [5.41, 5.74) is 3.36. The van der Waals surface area contributed by atoms with E-state index >= 15 is 0 Å². The highest BCUT2D eigenvalue weighted by Crippen LogP contribution is 2.31. The Morgan fingerprint density at radius 1 is 1.38 bits per heavy atom. The number of aliphatic hydroxyl groups excluding tert-OH is 1. The Labute approximate surface area is 192 Å². The lowest BCUT2D eigenvalue weighted by Crippen LogP contribution is -2.36. The van der Waals surface area contributed by atoms with Gasteiger partial charge < -0.3 is 15.7 Å². The molecule has 0 aliphatic carbocycles. The largest absolute Gasteiger partial charge is 0.394 e. The third kappa shape index (κ3) is 6.35. The van der Waals surface area contributed by atoms with Crippen molar-refractivity contribution < 1.29 is 14.3 Å². The van der Waals surface area contributed by atoms with Crippen LogP contribution in [0.25, 0.3) is 16.8 Å². The van der Waals surface area contributed by atoms with E-state index in [1.165, 1.54) is 24.4 Å². The van der Waals surface area contributed by atoms with Gasteiger partial charge in [0.2, 0.25) is 5.91 Å². The Hall–Kier alpha value is -3.29. The monoisotopic (exact) mass is 456 g/mol. The number of anilines is 1. The lowest BCUT2D eigenvalue weighted by Gasteiger charge is -2.17. The molecule has 8 heteroatoms. The zero-order chi connectivity index (χ0) is 23.8. The molecule has 0 bridgehead atoms. The molecule has 6 nitrogen and oxygen atoms in total. The first-order valence-corrected chi connectivity index (χ1v) is 10.2. The Morgan fingerprint density at radius 3 is 2.72 bits per heavy atom. The van der Waals surface area contributed by atoms with Gasteiger partial charge in [-0.15, -0.1) is 0 Å². The summed E-state index contributed by atoms with van der Waals surface area (Å²) in [4.78, 5) is 20.7. The Kier molecular flexibility index (Phi) is 8.87. The average molecular weight is 457 g/mol. The quantitative estimate of drug-likeness (QED) is 0.282. The summed E-state index contributed by atoms with van der Waals surface area (Å²) < 4.78 is 14.4. The van der Waals surface area contributed by atoms with Crippen LogP contribution in [0, 0.1) is 5.82 Å². The van der Waals surface area contributed by atoms with Crippen molar-refractivity contribution in [3.05, 3.63) is 77.0 Å². The molecular formula is C24H26ClFN4O2. The first-order valence-electron chi connectivity index (χ1n) is 9.81. The van der Waals surface area contributed by atoms with Crippen molar-refractivity contribution in [2.24, 2.45) is 4.99 Å². The zero-order valence-electron chi connectivity index (χ0n) is 18.2. The number of aliphatic imine (C=N–C) groups is 1. The van der Waals surface area contributed by atoms with Gasteiger partial charge in [-0.2, -0.15) is 0 Å². The van der Waals surface area contributed by atoms with Crippen LogP contribution in [0.5, 0.6) is 0 Å². The molecule has 0 unspecified atom stereocenters. The number of carbonyl (C=O) groups is 1. The number of hydrogen-bond acceptors (Lipinski definition) is 5. The van der Waals surface area contributed by atoms with Crippen molar-refractivity contribution in [2.75, 3.05) is 11.9 Å². The molecule has 0 radical (unpaired) electrons. The molecule has 1 amide bonds. The lowest BCUT2D eigenvalue weighted by atomic mass is 10.0. The summed E-state index contributed by atoms with van der Waals surface area (Å²) in [6.45, 7) is 12.3. The molecule has 0 fully saturated rings. The molecule has 0 saturated carbocycles. The molecule has 1 heterocycles. The van der Waals surface area contributed by atoms with Crippen LogP contribution in [0.4, 0.5) is 10.1 Å². The highest BCUT2D eigenvalue weighted by atomic mass is 35.5. The van der Waals surface area contributed by atoms with E-state index in [4.69, 9.17) is 11.6 Å². The second-order valence-electron chi connectivity index (χ2n) is 7.24. The number of nitrogens with one attached hydrogen (secondary N) is 2. The molecule has 1 atom stereocenters. The minimum atomic E-state index is -0.462. The Bertz CT molecular complexity index is 1100. The maximum atomic E-state index is 14.4. The summed E-state index contributed by atoms with van der Waals surface area (Å²) in [7, 11) is 0. The minimum absolute atomic E-state index is 0.190. The fraction of sp³-hybridized carbons (Fsp3) is 0.208. The minimum Gasteiger partial charge on any atom is -0.394 e. The maximum absolute atomic E-state index is 14.4. The van der Waals surface area contributed by atoms with Gasteiger partial charge in [0.25, 0.3) is 0 Å². The molecule has 1 aromatic carbocycles. The summed E-state index contributed by atoms with van der Waals surface area (Å²) in [6.07, 6.45) is 4.61. The van der Waals surface area contributed by atoms with E-state index in [1.807, 2.05) is 6.92 Å². The fourth-order valence-electron chi connectivity index (χ4n) is 2.77. The second kappa shape index (κ2) is 11.4. The number of rotatable bonds is 9. The van der Waals surface area contributed by atoms with Gasteiger partial charge >= 0.3 is 0 Å².